The largest absolute Gasteiger partial charge is 0.493 e. The van der Waals surface area contributed by atoms with E-state index in [1.54, 1.807) is 27.9 Å². The summed E-state index contributed by atoms with van der Waals surface area (Å²) in [4.78, 5) is 18.4. The number of carbonyl (C=O) groups is 1. The zero-order valence-corrected chi connectivity index (χ0v) is 17.8. The third kappa shape index (κ3) is 3.61. The maximum atomic E-state index is 14.5. The van der Waals surface area contributed by atoms with E-state index < -0.39 is 0 Å². The summed E-state index contributed by atoms with van der Waals surface area (Å²) < 4.78 is 21.8. The molecule has 1 aromatic carbocycles. The van der Waals surface area contributed by atoms with Gasteiger partial charge in [-0.1, -0.05) is 6.08 Å². The molecule has 32 heavy (non-hydrogen) atoms. The van der Waals surface area contributed by atoms with Crippen LogP contribution < -0.4 is 15.4 Å². The van der Waals surface area contributed by atoms with Crippen LogP contribution in [0.25, 0.3) is 11.2 Å². The molecule has 0 bridgehead atoms. The second-order valence-electron chi connectivity index (χ2n) is 7.74. The zero-order valence-electron chi connectivity index (χ0n) is 17.8. The molecule has 0 spiro atoms. The van der Waals surface area contributed by atoms with Gasteiger partial charge in [0.15, 0.2) is 5.65 Å². The molecule has 0 fully saturated rings. The lowest BCUT2D eigenvalue weighted by molar-refractivity contribution is 0.203. The first-order valence-electron chi connectivity index (χ1n) is 10.7. The van der Waals surface area contributed by atoms with E-state index in [2.05, 4.69) is 25.8 Å². The highest BCUT2D eigenvalue weighted by molar-refractivity contribution is 5.80. The molecule has 2 amide bonds. The predicted octanol–water partition coefficient (Wildman–Crippen LogP) is 2.63. The van der Waals surface area contributed by atoms with Crippen LogP contribution in [0.3, 0.4) is 0 Å². The molecule has 10 heteroatoms. The smallest absolute Gasteiger partial charge is 0.317 e. The van der Waals surface area contributed by atoms with Gasteiger partial charge in [0.2, 0.25) is 5.95 Å². The van der Waals surface area contributed by atoms with Gasteiger partial charge in [-0.15, -0.1) is 10.2 Å². The molecule has 2 N–H and O–H groups in total. The Balaban J connectivity index is 1.37. The molecule has 2 aliphatic rings. The lowest BCUT2D eigenvalue weighted by Crippen LogP contribution is -2.42. The van der Waals surface area contributed by atoms with E-state index >= 15 is 0 Å². The highest BCUT2D eigenvalue weighted by Crippen LogP contribution is 2.31. The van der Waals surface area contributed by atoms with E-state index in [0.717, 1.165) is 22.4 Å². The summed E-state index contributed by atoms with van der Waals surface area (Å²) in [5, 5.41) is 14.4. The van der Waals surface area contributed by atoms with E-state index in [0.29, 0.717) is 56.2 Å². The molecule has 3 aromatic rings. The summed E-state index contributed by atoms with van der Waals surface area (Å²) in [5.41, 5.74) is 4.11. The molecule has 2 aliphatic heterocycles. The van der Waals surface area contributed by atoms with Gasteiger partial charge in [0.1, 0.15) is 17.9 Å². The molecular weight excluding hydrogens is 413 g/mol. The summed E-state index contributed by atoms with van der Waals surface area (Å²) in [6.45, 7) is 4.51. The Morgan fingerprint density at radius 3 is 3.03 bits per heavy atom. The van der Waals surface area contributed by atoms with E-state index in [1.165, 1.54) is 6.07 Å². The number of halogens is 1. The number of hydrogen-bond acceptors (Lipinski definition) is 6. The minimum Gasteiger partial charge on any atom is -0.493 e. The first-order valence-corrected chi connectivity index (χ1v) is 10.7. The van der Waals surface area contributed by atoms with Gasteiger partial charge in [-0.25, -0.2) is 14.2 Å². The number of nitrogens with zero attached hydrogens (tertiary/aromatic N) is 5. The number of ether oxygens (including phenoxy) is 1. The van der Waals surface area contributed by atoms with Crippen molar-refractivity contribution in [3.8, 4) is 5.75 Å². The Morgan fingerprint density at radius 2 is 2.22 bits per heavy atom. The van der Waals surface area contributed by atoms with E-state index in [-0.39, 0.29) is 18.4 Å². The maximum Gasteiger partial charge on any atom is 0.317 e. The molecule has 9 nitrogen and oxygen atoms in total. The summed E-state index contributed by atoms with van der Waals surface area (Å²) in [6.07, 6.45) is 6.78. The summed E-state index contributed by atoms with van der Waals surface area (Å²) in [6, 6.07) is 3.06. The van der Waals surface area contributed by atoms with Crippen molar-refractivity contribution in [3.63, 3.8) is 0 Å². The van der Waals surface area contributed by atoms with Crippen molar-refractivity contribution in [2.24, 2.45) is 0 Å². The minimum atomic E-state index is -0.262. The fourth-order valence-electron chi connectivity index (χ4n) is 4.21. The third-order valence-electron chi connectivity index (χ3n) is 5.87. The van der Waals surface area contributed by atoms with Gasteiger partial charge in [0.05, 0.1) is 6.61 Å². The number of anilines is 1. The number of nitrogens with one attached hydrogen (secondary N) is 2. The molecule has 2 aromatic heterocycles. The summed E-state index contributed by atoms with van der Waals surface area (Å²) in [7, 11) is 0. The van der Waals surface area contributed by atoms with Crippen LogP contribution in [0.5, 0.6) is 5.75 Å². The number of benzene rings is 1. The molecule has 0 unspecified atom stereocenters. The van der Waals surface area contributed by atoms with Crippen LogP contribution in [0.15, 0.2) is 30.7 Å². The highest BCUT2D eigenvalue weighted by atomic mass is 19.1. The quantitative estimate of drug-likeness (QED) is 0.637. The van der Waals surface area contributed by atoms with Crippen molar-refractivity contribution >= 4 is 23.2 Å². The standard InChI is InChI=1S/C22H24FN7O2/c1-2-24-22(31)29-8-5-14(6-9-29)16-11-25-21(30-13-27-28-20(16)30)26-12-17-15-7-10-32-19(15)4-3-18(17)23/h3-5,11,13H,2,6-10,12H2,1H3,(H,24,31)(H,25,26). The topological polar surface area (TPSA) is 96.7 Å². The van der Waals surface area contributed by atoms with Gasteiger partial charge in [-0.2, -0.15) is 0 Å². The SMILES string of the molecule is CCNC(=O)N1CC=C(c2cnc(NCc3c(F)ccc4c3CCO4)n3cnnc23)CC1. The first kappa shape index (κ1) is 20.2. The molecular formula is C22H24FN7O2. The fraction of sp³-hybridized carbons (Fsp3) is 0.364. The molecule has 5 rings (SSSR count). The molecule has 0 saturated carbocycles. The molecule has 0 atom stereocenters. The van der Waals surface area contributed by atoms with Crippen LogP contribution in [0.4, 0.5) is 15.1 Å². The number of rotatable bonds is 5. The Kier molecular flexibility index (Phi) is 5.34. The fourth-order valence-corrected chi connectivity index (χ4v) is 4.21. The lowest BCUT2D eigenvalue weighted by atomic mass is 10.0. The van der Waals surface area contributed by atoms with Crippen LogP contribution in [0.2, 0.25) is 0 Å². The molecule has 166 valence electrons. The van der Waals surface area contributed by atoms with E-state index in [1.807, 2.05) is 13.0 Å². The van der Waals surface area contributed by atoms with Crippen LogP contribution in [-0.2, 0) is 13.0 Å². The zero-order chi connectivity index (χ0) is 22.1. The second kappa shape index (κ2) is 8.45. The average Bonchev–Trinajstić information content (AvgIpc) is 3.49. The Morgan fingerprint density at radius 1 is 1.31 bits per heavy atom. The van der Waals surface area contributed by atoms with E-state index in [9.17, 15) is 9.18 Å². The minimum absolute atomic E-state index is 0.0573. The summed E-state index contributed by atoms with van der Waals surface area (Å²) in [5.74, 6) is 1.01. The average molecular weight is 437 g/mol. The van der Waals surface area contributed by atoms with Crippen LogP contribution in [-0.4, -0.2) is 56.8 Å². The first-order chi connectivity index (χ1) is 15.7. The maximum absolute atomic E-state index is 14.5. The lowest BCUT2D eigenvalue weighted by Gasteiger charge is -2.26. The Hall–Kier alpha value is -3.69. The monoisotopic (exact) mass is 437 g/mol. The Labute approximate surface area is 184 Å². The van der Waals surface area contributed by atoms with Gasteiger partial charge < -0.3 is 20.3 Å². The molecule has 4 heterocycles. The molecule has 0 aliphatic carbocycles. The number of hydrogen-bond donors (Lipinski definition) is 2. The van der Waals surface area contributed by atoms with Crippen LogP contribution in [0, 0.1) is 5.82 Å². The van der Waals surface area contributed by atoms with Gasteiger partial charge in [-0.3, -0.25) is 4.40 Å². The normalized spacial score (nSPS) is 15.3. The van der Waals surface area contributed by atoms with Crippen LogP contribution in [0.1, 0.15) is 30.0 Å². The van der Waals surface area contributed by atoms with Crippen molar-refractivity contribution in [2.45, 2.75) is 26.3 Å². The van der Waals surface area contributed by atoms with Crippen LogP contribution >= 0.6 is 0 Å². The van der Waals surface area contributed by atoms with Gasteiger partial charge in [0.25, 0.3) is 0 Å². The van der Waals surface area contributed by atoms with Crippen molar-refractivity contribution in [1.29, 1.82) is 0 Å². The third-order valence-corrected chi connectivity index (χ3v) is 5.87. The predicted molar refractivity (Wildman–Crippen MR) is 117 cm³/mol. The number of amides is 2. The Bertz CT molecular complexity index is 1210. The molecule has 0 radical (unpaired) electrons. The number of urea groups is 1. The van der Waals surface area contributed by atoms with Gasteiger partial charge in [-0.05, 0) is 31.1 Å². The number of aromatic nitrogens is 4. The van der Waals surface area contributed by atoms with Gasteiger partial charge in [0, 0.05) is 55.5 Å². The van der Waals surface area contributed by atoms with E-state index in [4.69, 9.17) is 4.74 Å². The van der Waals surface area contributed by atoms with Crippen molar-refractivity contribution in [3.05, 3.63) is 53.2 Å². The van der Waals surface area contributed by atoms with Crippen molar-refractivity contribution < 1.29 is 13.9 Å². The van der Waals surface area contributed by atoms with Crippen molar-refractivity contribution in [2.75, 3.05) is 31.6 Å². The molecule has 0 saturated heterocycles. The summed E-state index contributed by atoms with van der Waals surface area (Å²) >= 11 is 0. The highest BCUT2D eigenvalue weighted by Gasteiger charge is 2.22. The van der Waals surface area contributed by atoms with Gasteiger partial charge >= 0.3 is 6.03 Å². The number of carbonyl (C=O) groups excluding carboxylic acids is 1. The van der Waals surface area contributed by atoms with Crippen molar-refractivity contribution in [1.82, 2.24) is 29.8 Å². The number of fused-ring (bicyclic) bond motifs is 2. The second-order valence-corrected chi connectivity index (χ2v) is 7.74.